The van der Waals surface area contributed by atoms with Crippen LogP contribution in [-0.2, 0) is 0 Å². The summed E-state index contributed by atoms with van der Waals surface area (Å²) in [6.07, 6.45) is 1.11. The van der Waals surface area contributed by atoms with Crippen molar-refractivity contribution in [1.29, 1.82) is 0 Å². The van der Waals surface area contributed by atoms with Gasteiger partial charge in [-0.1, -0.05) is 30.7 Å². The zero-order chi connectivity index (χ0) is 13.1. The summed E-state index contributed by atoms with van der Waals surface area (Å²) >= 11 is 6.04. The van der Waals surface area contributed by atoms with Crippen LogP contribution in [0.25, 0.3) is 0 Å². The first-order chi connectivity index (χ1) is 8.67. The lowest BCUT2D eigenvalue weighted by atomic mass is 10.0. The number of hydrogen-bond acceptors (Lipinski definition) is 3. The highest BCUT2D eigenvalue weighted by molar-refractivity contribution is 6.30. The zero-order valence-electron chi connectivity index (χ0n) is 10.7. The van der Waals surface area contributed by atoms with Crippen molar-refractivity contribution in [3.05, 3.63) is 34.9 Å². The number of aliphatic hydroxyl groups excluding tert-OH is 1. The van der Waals surface area contributed by atoms with Gasteiger partial charge in [0.1, 0.15) is 0 Å². The van der Waals surface area contributed by atoms with Crippen LogP contribution in [0.15, 0.2) is 24.3 Å². The normalized spacial score (nSPS) is 26.4. The second-order valence-corrected chi connectivity index (χ2v) is 5.50. The van der Waals surface area contributed by atoms with E-state index in [0.29, 0.717) is 12.5 Å². The fourth-order valence-corrected chi connectivity index (χ4v) is 3.09. The summed E-state index contributed by atoms with van der Waals surface area (Å²) < 4.78 is 0. The molecule has 1 fully saturated rings. The molecule has 2 rings (SSSR count). The molecule has 0 radical (unpaired) electrons. The summed E-state index contributed by atoms with van der Waals surface area (Å²) in [5, 5.41) is 10.3. The zero-order valence-corrected chi connectivity index (χ0v) is 11.5. The second kappa shape index (κ2) is 6.02. The van der Waals surface area contributed by atoms with Crippen LogP contribution in [0.3, 0.4) is 0 Å². The van der Waals surface area contributed by atoms with Crippen LogP contribution in [0.4, 0.5) is 0 Å². The molecule has 1 heterocycles. The van der Waals surface area contributed by atoms with Gasteiger partial charge in [0.15, 0.2) is 0 Å². The standard InChI is InChI=1S/C14H21ClN2O/c1-10-5-6-17(14(10)9-18)13(8-16)11-3-2-4-12(15)7-11/h2-4,7,10,13-14,18H,5-6,8-9,16H2,1H3. The number of rotatable bonds is 4. The molecule has 0 aliphatic carbocycles. The molecule has 1 aromatic carbocycles. The van der Waals surface area contributed by atoms with Crippen LogP contribution in [0.2, 0.25) is 5.02 Å². The van der Waals surface area contributed by atoms with Gasteiger partial charge in [-0.3, -0.25) is 4.90 Å². The quantitative estimate of drug-likeness (QED) is 0.879. The Morgan fingerprint density at radius 2 is 2.33 bits per heavy atom. The topological polar surface area (TPSA) is 49.5 Å². The van der Waals surface area contributed by atoms with E-state index in [-0.39, 0.29) is 18.7 Å². The summed E-state index contributed by atoms with van der Waals surface area (Å²) in [7, 11) is 0. The van der Waals surface area contributed by atoms with Crippen molar-refractivity contribution in [3.63, 3.8) is 0 Å². The number of aliphatic hydroxyl groups is 1. The summed E-state index contributed by atoms with van der Waals surface area (Å²) in [6.45, 7) is 3.91. The van der Waals surface area contributed by atoms with Gasteiger partial charge in [0.25, 0.3) is 0 Å². The number of nitrogens with two attached hydrogens (primary N) is 1. The predicted octanol–water partition coefficient (Wildman–Crippen LogP) is 2.04. The highest BCUT2D eigenvalue weighted by atomic mass is 35.5. The van der Waals surface area contributed by atoms with Gasteiger partial charge in [-0.05, 0) is 36.6 Å². The lowest BCUT2D eigenvalue weighted by Gasteiger charge is -2.33. The molecule has 3 N–H and O–H groups in total. The monoisotopic (exact) mass is 268 g/mol. The first-order valence-corrected chi connectivity index (χ1v) is 6.87. The molecule has 3 nitrogen and oxygen atoms in total. The number of hydrogen-bond donors (Lipinski definition) is 2. The van der Waals surface area contributed by atoms with Crippen molar-refractivity contribution < 1.29 is 5.11 Å². The van der Waals surface area contributed by atoms with Gasteiger partial charge in [0.2, 0.25) is 0 Å². The molecule has 1 saturated heterocycles. The number of nitrogens with zero attached hydrogens (tertiary/aromatic N) is 1. The van der Waals surface area contributed by atoms with Crippen LogP contribution in [0, 0.1) is 5.92 Å². The maximum absolute atomic E-state index is 9.54. The Morgan fingerprint density at radius 3 is 2.94 bits per heavy atom. The molecular formula is C14H21ClN2O. The van der Waals surface area contributed by atoms with E-state index >= 15 is 0 Å². The van der Waals surface area contributed by atoms with Gasteiger partial charge in [-0.25, -0.2) is 0 Å². The van der Waals surface area contributed by atoms with E-state index in [1.54, 1.807) is 0 Å². The third-order valence-electron chi connectivity index (χ3n) is 3.97. The van der Waals surface area contributed by atoms with Crippen molar-refractivity contribution >= 4 is 11.6 Å². The van der Waals surface area contributed by atoms with Crippen molar-refractivity contribution in [2.24, 2.45) is 11.7 Å². The lowest BCUT2D eigenvalue weighted by Crippen LogP contribution is -2.41. The number of benzene rings is 1. The van der Waals surface area contributed by atoms with E-state index in [9.17, 15) is 5.11 Å². The Balaban J connectivity index is 2.23. The molecule has 1 aromatic rings. The molecule has 0 spiro atoms. The summed E-state index contributed by atoms with van der Waals surface area (Å²) in [5.41, 5.74) is 7.07. The highest BCUT2D eigenvalue weighted by Gasteiger charge is 2.35. The molecule has 18 heavy (non-hydrogen) atoms. The minimum Gasteiger partial charge on any atom is -0.395 e. The second-order valence-electron chi connectivity index (χ2n) is 5.06. The Bertz CT molecular complexity index is 399. The molecule has 1 aliphatic rings. The molecule has 0 bridgehead atoms. The summed E-state index contributed by atoms with van der Waals surface area (Å²) in [5.74, 6) is 0.517. The fraction of sp³-hybridized carbons (Fsp3) is 0.571. The van der Waals surface area contributed by atoms with E-state index in [2.05, 4.69) is 17.9 Å². The third-order valence-corrected chi connectivity index (χ3v) is 4.20. The van der Waals surface area contributed by atoms with Crippen LogP contribution in [0.1, 0.15) is 24.9 Å². The third kappa shape index (κ3) is 2.69. The molecule has 0 aromatic heterocycles. The molecule has 1 aliphatic heterocycles. The molecule has 4 heteroatoms. The Kier molecular flexibility index (Phi) is 4.62. The highest BCUT2D eigenvalue weighted by Crippen LogP contribution is 2.32. The number of halogens is 1. The molecular weight excluding hydrogens is 248 g/mol. The Labute approximate surface area is 114 Å². The van der Waals surface area contributed by atoms with Crippen molar-refractivity contribution in [3.8, 4) is 0 Å². The minimum atomic E-state index is 0.144. The van der Waals surface area contributed by atoms with E-state index in [4.69, 9.17) is 17.3 Å². The van der Waals surface area contributed by atoms with Gasteiger partial charge in [-0.15, -0.1) is 0 Å². The van der Waals surface area contributed by atoms with Crippen molar-refractivity contribution in [1.82, 2.24) is 4.90 Å². The summed E-state index contributed by atoms with van der Waals surface area (Å²) in [4.78, 5) is 2.32. The average molecular weight is 269 g/mol. The maximum Gasteiger partial charge on any atom is 0.0589 e. The molecule has 100 valence electrons. The number of likely N-dealkylation sites (tertiary alicyclic amines) is 1. The van der Waals surface area contributed by atoms with Gasteiger partial charge < -0.3 is 10.8 Å². The fourth-order valence-electron chi connectivity index (χ4n) is 2.89. The van der Waals surface area contributed by atoms with Crippen LogP contribution >= 0.6 is 11.6 Å². The van der Waals surface area contributed by atoms with Crippen LogP contribution < -0.4 is 5.73 Å². The predicted molar refractivity (Wildman–Crippen MR) is 74.6 cm³/mol. The van der Waals surface area contributed by atoms with Gasteiger partial charge in [-0.2, -0.15) is 0 Å². The first kappa shape index (κ1) is 13.8. The van der Waals surface area contributed by atoms with Gasteiger partial charge >= 0.3 is 0 Å². The molecule has 0 saturated carbocycles. The SMILES string of the molecule is CC1CCN(C(CN)c2cccc(Cl)c2)C1CO. The largest absolute Gasteiger partial charge is 0.395 e. The van der Waals surface area contributed by atoms with E-state index in [0.717, 1.165) is 23.6 Å². The van der Waals surface area contributed by atoms with Gasteiger partial charge in [0, 0.05) is 23.7 Å². The average Bonchev–Trinajstić information content (AvgIpc) is 2.72. The van der Waals surface area contributed by atoms with Crippen LogP contribution in [-0.4, -0.2) is 35.7 Å². The smallest absolute Gasteiger partial charge is 0.0589 e. The molecule has 3 unspecified atom stereocenters. The van der Waals surface area contributed by atoms with Crippen molar-refractivity contribution in [2.75, 3.05) is 19.7 Å². The molecule has 3 atom stereocenters. The van der Waals surface area contributed by atoms with E-state index < -0.39 is 0 Å². The first-order valence-electron chi connectivity index (χ1n) is 6.49. The van der Waals surface area contributed by atoms with E-state index in [1.165, 1.54) is 0 Å². The lowest BCUT2D eigenvalue weighted by molar-refractivity contribution is 0.105. The Morgan fingerprint density at radius 1 is 1.56 bits per heavy atom. The van der Waals surface area contributed by atoms with E-state index in [1.807, 2.05) is 18.2 Å². The molecule has 0 amide bonds. The Hall–Kier alpha value is -0.610. The maximum atomic E-state index is 9.54. The van der Waals surface area contributed by atoms with Crippen molar-refractivity contribution in [2.45, 2.75) is 25.4 Å². The van der Waals surface area contributed by atoms with Crippen LogP contribution in [0.5, 0.6) is 0 Å². The summed E-state index contributed by atoms with van der Waals surface area (Å²) in [6, 6.07) is 8.20. The van der Waals surface area contributed by atoms with Gasteiger partial charge in [0.05, 0.1) is 6.61 Å². The minimum absolute atomic E-state index is 0.144.